The summed E-state index contributed by atoms with van der Waals surface area (Å²) in [5.41, 5.74) is 1.38. The van der Waals surface area contributed by atoms with Gasteiger partial charge >= 0.3 is 6.61 Å². The van der Waals surface area contributed by atoms with Crippen LogP contribution >= 0.6 is 11.8 Å². The monoisotopic (exact) mass is 481 g/mol. The summed E-state index contributed by atoms with van der Waals surface area (Å²) in [6, 6.07) is 22.2. The van der Waals surface area contributed by atoms with E-state index in [9.17, 15) is 18.4 Å². The number of halogens is 2. The molecule has 34 heavy (non-hydrogen) atoms. The molecule has 0 aliphatic heterocycles. The number of nitrogens with zero attached hydrogens (tertiary/aromatic N) is 2. The van der Waals surface area contributed by atoms with Gasteiger partial charge in [-0.25, -0.2) is 4.98 Å². The van der Waals surface area contributed by atoms with Gasteiger partial charge in [-0.15, -0.1) is 0 Å². The lowest BCUT2D eigenvalue weighted by Crippen LogP contribution is -2.27. The van der Waals surface area contributed by atoms with Crippen LogP contribution in [0.2, 0.25) is 0 Å². The number of amides is 1. The van der Waals surface area contributed by atoms with Crippen LogP contribution in [0, 0.1) is 0 Å². The van der Waals surface area contributed by atoms with Crippen molar-refractivity contribution in [2.45, 2.75) is 24.7 Å². The highest BCUT2D eigenvalue weighted by molar-refractivity contribution is 7.99. The van der Waals surface area contributed by atoms with E-state index >= 15 is 0 Å². The molecule has 4 rings (SSSR count). The topological polar surface area (TPSA) is 73.2 Å². The SMILES string of the molecule is CC(c1ccccc1)n1c(SCC(=O)Nc2ccccc2OC(F)F)nc2ccccc2c1=O. The minimum atomic E-state index is -3.01. The van der Waals surface area contributed by atoms with Crippen molar-refractivity contribution in [2.24, 2.45) is 0 Å². The second-order valence-electron chi connectivity index (χ2n) is 7.38. The molecule has 6 nitrogen and oxygen atoms in total. The molecule has 0 aliphatic rings. The molecule has 4 aromatic rings. The Morgan fingerprint density at radius 2 is 1.71 bits per heavy atom. The number of carbonyl (C=O) groups excluding carboxylic acids is 1. The lowest BCUT2D eigenvalue weighted by atomic mass is 10.1. The maximum Gasteiger partial charge on any atom is 0.387 e. The fraction of sp³-hybridized carbons (Fsp3) is 0.160. The molecule has 1 heterocycles. The molecule has 0 saturated heterocycles. The Hall–Kier alpha value is -3.72. The number of ether oxygens (including phenoxy) is 1. The molecule has 0 bridgehead atoms. The molecule has 1 atom stereocenters. The van der Waals surface area contributed by atoms with Crippen LogP contribution < -0.4 is 15.6 Å². The van der Waals surface area contributed by atoms with Gasteiger partial charge in [-0.1, -0.05) is 66.4 Å². The van der Waals surface area contributed by atoms with Gasteiger partial charge in [-0.3, -0.25) is 14.2 Å². The summed E-state index contributed by atoms with van der Waals surface area (Å²) >= 11 is 1.10. The number of hydrogen-bond acceptors (Lipinski definition) is 5. The number of carbonyl (C=O) groups is 1. The molecular formula is C25H21F2N3O3S. The van der Waals surface area contributed by atoms with Crippen molar-refractivity contribution in [3.63, 3.8) is 0 Å². The van der Waals surface area contributed by atoms with Crippen molar-refractivity contribution in [3.05, 3.63) is 94.8 Å². The second-order valence-corrected chi connectivity index (χ2v) is 8.33. The minimum Gasteiger partial charge on any atom is -0.433 e. The zero-order valence-electron chi connectivity index (χ0n) is 18.2. The number of alkyl halides is 2. The highest BCUT2D eigenvalue weighted by Gasteiger charge is 2.19. The average Bonchev–Trinajstić information content (AvgIpc) is 2.84. The van der Waals surface area contributed by atoms with E-state index in [0.717, 1.165) is 17.3 Å². The number of aromatic nitrogens is 2. The van der Waals surface area contributed by atoms with E-state index < -0.39 is 12.5 Å². The van der Waals surface area contributed by atoms with Gasteiger partial charge in [0.25, 0.3) is 5.56 Å². The summed E-state index contributed by atoms with van der Waals surface area (Å²) < 4.78 is 31.3. The fourth-order valence-corrected chi connectivity index (χ4v) is 4.41. The third-order valence-corrected chi connectivity index (χ3v) is 6.11. The Morgan fingerprint density at radius 3 is 2.47 bits per heavy atom. The number of para-hydroxylation sites is 3. The van der Waals surface area contributed by atoms with Crippen LogP contribution in [0.25, 0.3) is 10.9 Å². The zero-order chi connectivity index (χ0) is 24.1. The molecule has 0 saturated carbocycles. The summed E-state index contributed by atoms with van der Waals surface area (Å²) in [5.74, 6) is -0.666. The Labute approximate surface area is 198 Å². The number of nitrogens with one attached hydrogen (secondary N) is 1. The van der Waals surface area contributed by atoms with Crippen LogP contribution in [0.1, 0.15) is 18.5 Å². The molecule has 9 heteroatoms. The van der Waals surface area contributed by atoms with Crippen molar-refractivity contribution in [1.82, 2.24) is 9.55 Å². The first-order valence-electron chi connectivity index (χ1n) is 10.5. The van der Waals surface area contributed by atoms with Crippen LogP contribution in [0.4, 0.5) is 14.5 Å². The number of thioether (sulfide) groups is 1. The van der Waals surface area contributed by atoms with Crippen molar-refractivity contribution < 1.29 is 18.3 Å². The van der Waals surface area contributed by atoms with Gasteiger partial charge in [0.1, 0.15) is 5.75 Å². The highest BCUT2D eigenvalue weighted by Crippen LogP contribution is 2.27. The maximum atomic E-state index is 13.4. The van der Waals surface area contributed by atoms with E-state index in [2.05, 4.69) is 15.0 Å². The fourth-order valence-electron chi connectivity index (χ4n) is 3.53. The third kappa shape index (κ3) is 5.26. The van der Waals surface area contributed by atoms with E-state index in [4.69, 9.17) is 0 Å². The van der Waals surface area contributed by atoms with Crippen LogP contribution in [0.15, 0.2) is 88.8 Å². The lowest BCUT2D eigenvalue weighted by Gasteiger charge is -2.20. The summed E-state index contributed by atoms with van der Waals surface area (Å²) in [6.07, 6.45) is 0. The second kappa shape index (κ2) is 10.5. The first kappa shape index (κ1) is 23.4. The Morgan fingerprint density at radius 1 is 1.03 bits per heavy atom. The maximum absolute atomic E-state index is 13.4. The van der Waals surface area contributed by atoms with Gasteiger partial charge in [-0.2, -0.15) is 8.78 Å². The Kier molecular flexibility index (Phi) is 7.22. The number of benzene rings is 3. The van der Waals surface area contributed by atoms with E-state index in [1.165, 1.54) is 18.2 Å². The first-order chi connectivity index (χ1) is 16.4. The minimum absolute atomic E-state index is 0.0880. The quantitative estimate of drug-likeness (QED) is 0.272. The normalized spacial score (nSPS) is 12.0. The van der Waals surface area contributed by atoms with Crippen molar-refractivity contribution >= 4 is 34.3 Å². The number of anilines is 1. The van der Waals surface area contributed by atoms with E-state index in [1.807, 2.05) is 37.3 Å². The summed E-state index contributed by atoms with van der Waals surface area (Å²) in [5, 5.41) is 3.45. The van der Waals surface area contributed by atoms with Crippen LogP contribution in [-0.2, 0) is 4.79 Å². The molecule has 0 spiro atoms. The predicted octanol–water partition coefficient (Wildman–Crippen LogP) is 5.34. The summed E-state index contributed by atoms with van der Waals surface area (Å²) in [4.78, 5) is 30.6. The molecule has 0 fully saturated rings. The Bertz CT molecular complexity index is 1360. The summed E-state index contributed by atoms with van der Waals surface area (Å²) in [6.45, 7) is -1.11. The third-order valence-electron chi connectivity index (χ3n) is 5.15. The number of rotatable bonds is 8. The van der Waals surface area contributed by atoms with Crippen molar-refractivity contribution in [2.75, 3.05) is 11.1 Å². The molecule has 0 radical (unpaired) electrons. The predicted molar refractivity (Wildman–Crippen MR) is 129 cm³/mol. The van der Waals surface area contributed by atoms with Gasteiger partial charge in [0.15, 0.2) is 5.16 Å². The molecule has 174 valence electrons. The highest BCUT2D eigenvalue weighted by atomic mass is 32.2. The molecular weight excluding hydrogens is 460 g/mol. The van der Waals surface area contributed by atoms with Gasteiger partial charge in [0.2, 0.25) is 5.91 Å². The summed E-state index contributed by atoms with van der Waals surface area (Å²) in [7, 11) is 0. The molecule has 1 N–H and O–H groups in total. The number of hydrogen-bond donors (Lipinski definition) is 1. The first-order valence-corrected chi connectivity index (χ1v) is 11.5. The smallest absolute Gasteiger partial charge is 0.387 e. The van der Waals surface area contributed by atoms with Crippen LogP contribution in [0.5, 0.6) is 5.75 Å². The van der Waals surface area contributed by atoms with Gasteiger partial charge in [-0.05, 0) is 36.8 Å². The van der Waals surface area contributed by atoms with E-state index in [1.54, 1.807) is 34.9 Å². The van der Waals surface area contributed by atoms with Crippen molar-refractivity contribution in [3.8, 4) is 5.75 Å². The molecule has 1 amide bonds. The van der Waals surface area contributed by atoms with Crippen LogP contribution in [-0.4, -0.2) is 27.8 Å². The van der Waals surface area contributed by atoms with Crippen molar-refractivity contribution in [1.29, 1.82) is 0 Å². The van der Waals surface area contributed by atoms with Gasteiger partial charge < -0.3 is 10.1 Å². The molecule has 0 aliphatic carbocycles. The average molecular weight is 482 g/mol. The van der Waals surface area contributed by atoms with Gasteiger partial charge in [0, 0.05) is 0 Å². The van der Waals surface area contributed by atoms with Gasteiger partial charge in [0.05, 0.1) is 28.4 Å². The zero-order valence-corrected chi connectivity index (χ0v) is 19.0. The molecule has 1 unspecified atom stereocenters. The molecule has 1 aromatic heterocycles. The lowest BCUT2D eigenvalue weighted by molar-refractivity contribution is -0.113. The van der Waals surface area contributed by atoms with E-state index in [0.29, 0.717) is 16.1 Å². The standard InChI is InChI=1S/C25H21F2N3O3S/c1-16(17-9-3-2-4-10-17)30-23(32)18-11-5-6-12-19(18)29-25(30)34-15-22(31)28-20-13-7-8-14-21(20)33-24(26)27/h2-14,16,24H,15H2,1H3,(H,28,31). The molecule has 3 aromatic carbocycles. The van der Waals surface area contributed by atoms with Crippen LogP contribution in [0.3, 0.4) is 0 Å². The van der Waals surface area contributed by atoms with E-state index in [-0.39, 0.29) is 28.8 Å². The Balaban J connectivity index is 1.62. The largest absolute Gasteiger partial charge is 0.433 e. The number of fused-ring (bicyclic) bond motifs is 1.